The summed E-state index contributed by atoms with van der Waals surface area (Å²) < 4.78 is 29.4. The average Bonchev–Trinajstić information content (AvgIpc) is 3.47. The number of nitrogens with zero attached hydrogens (tertiary/aromatic N) is 3. The molecule has 44 heavy (non-hydrogen) atoms. The first-order chi connectivity index (χ1) is 21.1. The van der Waals surface area contributed by atoms with Crippen molar-refractivity contribution < 1.29 is 38.4 Å². The van der Waals surface area contributed by atoms with Crippen molar-refractivity contribution in [1.82, 2.24) is 9.80 Å². The zero-order valence-electron chi connectivity index (χ0n) is 25.1. The lowest BCUT2D eigenvalue weighted by Crippen LogP contribution is -2.69. The fourth-order valence-electron chi connectivity index (χ4n) is 7.98. The highest BCUT2D eigenvalue weighted by Crippen LogP contribution is 2.64. The SMILES string of the molecule is COc1c(C)cc2c(c1O)[C@@H]1C3[C@@H]4SCC(N)C(=O)OC[C@H](c5c6c(c(C)c(OC(C)=O)c54)OCO6)N3[C@@H](C#N)[C@@H](C2)N1C. The van der Waals surface area contributed by atoms with Gasteiger partial charge in [0.15, 0.2) is 23.0 Å². The molecule has 2 unspecified atom stereocenters. The number of hydrogen-bond acceptors (Lipinski definition) is 13. The van der Waals surface area contributed by atoms with Gasteiger partial charge in [0.2, 0.25) is 6.79 Å². The summed E-state index contributed by atoms with van der Waals surface area (Å²) in [6, 6.07) is 1.36. The van der Waals surface area contributed by atoms with E-state index in [4.69, 9.17) is 29.4 Å². The second-order valence-corrected chi connectivity index (χ2v) is 13.2. The third kappa shape index (κ3) is 3.94. The molecular formula is C31H34N4O8S. The molecule has 2 fully saturated rings. The molecule has 4 bridgehead atoms. The van der Waals surface area contributed by atoms with Gasteiger partial charge in [-0.2, -0.15) is 5.26 Å². The van der Waals surface area contributed by atoms with E-state index >= 15 is 0 Å². The molecule has 232 valence electrons. The Bertz CT molecular complexity index is 1640. The fourth-order valence-corrected chi connectivity index (χ4v) is 9.42. The summed E-state index contributed by atoms with van der Waals surface area (Å²) >= 11 is 1.44. The summed E-state index contributed by atoms with van der Waals surface area (Å²) in [5.74, 6) is 0.953. The number of aromatic hydroxyl groups is 1. The van der Waals surface area contributed by atoms with Crippen molar-refractivity contribution in [3.63, 3.8) is 0 Å². The molecule has 3 N–H and O–H groups in total. The van der Waals surface area contributed by atoms with Gasteiger partial charge in [-0.25, -0.2) is 0 Å². The maximum Gasteiger partial charge on any atom is 0.323 e. The Labute approximate surface area is 258 Å². The number of carbonyl (C=O) groups excluding carboxylic acids is 2. The molecule has 0 aromatic heterocycles. The quantitative estimate of drug-likeness (QED) is 0.372. The Morgan fingerprint density at radius 1 is 1.18 bits per heavy atom. The molecule has 0 spiro atoms. The minimum absolute atomic E-state index is 0.0270. The van der Waals surface area contributed by atoms with E-state index < -0.39 is 47.4 Å². The van der Waals surface area contributed by atoms with Crippen LogP contribution in [0.3, 0.4) is 0 Å². The van der Waals surface area contributed by atoms with E-state index in [2.05, 4.69) is 15.9 Å². The average molecular weight is 623 g/mol. The molecule has 2 saturated heterocycles. The van der Waals surface area contributed by atoms with Gasteiger partial charge in [-0.1, -0.05) is 6.07 Å². The number of esters is 2. The van der Waals surface area contributed by atoms with E-state index in [0.29, 0.717) is 40.5 Å². The number of nitrogens with two attached hydrogens (primary N) is 1. The van der Waals surface area contributed by atoms with Gasteiger partial charge in [0, 0.05) is 47.0 Å². The number of phenols is 1. The maximum absolute atomic E-state index is 13.0. The second kappa shape index (κ2) is 10.4. The van der Waals surface area contributed by atoms with Gasteiger partial charge in [-0.05, 0) is 38.4 Å². The molecule has 12 nitrogen and oxygen atoms in total. The summed E-state index contributed by atoms with van der Waals surface area (Å²) in [6.07, 6.45) is 0.522. The largest absolute Gasteiger partial charge is 0.504 e. The van der Waals surface area contributed by atoms with Crippen LogP contribution >= 0.6 is 11.8 Å². The number of aryl methyl sites for hydroxylation is 1. The first-order valence-corrected chi connectivity index (χ1v) is 15.6. The van der Waals surface area contributed by atoms with Crippen molar-refractivity contribution in [1.29, 1.82) is 5.26 Å². The van der Waals surface area contributed by atoms with Crippen LogP contribution in [-0.4, -0.2) is 84.3 Å². The maximum atomic E-state index is 13.0. The smallest absolute Gasteiger partial charge is 0.323 e. The highest BCUT2D eigenvalue weighted by atomic mass is 32.2. The van der Waals surface area contributed by atoms with Gasteiger partial charge >= 0.3 is 11.9 Å². The van der Waals surface area contributed by atoms with Gasteiger partial charge in [0.25, 0.3) is 0 Å². The topological polar surface area (TPSA) is 157 Å². The normalized spacial score (nSPS) is 30.4. The lowest BCUT2D eigenvalue weighted by Gasteiger charge is -2.61. The lowest BCUT2D eigenvalue weighted by atomic mass is 9.71. The van der Waals surface area contributed by atoms with Crippen molar-refractivity contribution in [2.24, 2.45) is 5.73 Å². The van der Waals surface area contributed by atoms with Crippen molar-refractivity contribution >= 4 is 23.7 Å². The Hall–Kier alpha value is -3.70. The molecule has 5 aliphatic heterocycles. The number of methoxy groups -OCH3 is 1. The first kappa shape index (κ1) is 29.0. The van der Waals surface area contributed by atoms with Gasteiger partial charge in [-0.15, -0.1) is 11.8 Å². The molecule has 0 radical (unpaired) electrons. The molecule has 2 aromatic carbocycles. The fraction of sp³-hybridized carbons (Fsp3) is 0.516. The molecule has 0 amide bonds. The summed E-state index contributed by atoms with van der Waals surface area (Å²) in [5.41, 5.74) is 10.8. The number of fused-ring (bicyclic) bond motifs is 9. The molecule has 13 heteroatoms. The second-order valence-electron chi connectivity index (χ2n) is 12.0. The van der Waals surface area contributed by atoms with E-state index in [1.807, 2.05) is 27.0 Å². The summed E-state index contributed by atoms with van der Waals surface area (Å²) in [5, 5.41) is 22.1. The van der Waals surface area contributed by atoms with Crippen molar-refractivity contribution in [2.75, 3.05) is 33.3 Å². The number of hydrogen-bond donors (Lipinski definition) is 2. The van der Waals surface area contributed by atoms with E-state index in [-0.39, 0.29) is 30.9 Å². The number of ether oxygens (including phenoxy) is 5. The van der Waals surface area contributed by atoms with Crippen molar-refractivity contribution in [3.8, 4) is 34.8 Å². The van der Waals surface area contributed by atoms with Gasteiger partial charge in [0.05, 0.1) is 30.5 Å². The molecule has 7 atom stereocenters. The van der Waals surface area contributed by atoms with Crippen molar-refractivity contribution in [2.45, 2.75) is 68.7 Å². The molecule has 7 rings (SSSR count). The molecule has 0 saturated carbocycles. The predicted molar refractivity (Wildman–Crippen MR) is 158 cm³/mol. The Kier molecular flexibility index (Phi) is 6.89. The van der Waals surface area contributed by atoms with Crippen LogP contribution in [0.2, 0.25) is 0 Å². The van der Waals surface area contributed by atoms with E-state index in [0.717, 1.165) is 22.3 Å². The highest BCUT2D eigenvalue weighted by Gasteiger charge is 2.60. The van der Waals surface area contributed by atoms with Crippen LogP contribution < -0.4 is 24.7 Å². The molecule has 2 aromatic rings. The molecule has 5 aliphatic rings. The number of carbonyl (C=O) groups is 2. The Morgan fingerprint density at radius 3 is 2.64 bits per heavy atom. The lowest BCUT2D eigenvalue weighted by molar-refractivity contribution is -0.150. The summed E-state index contributed by atoms with van der Waals surface area (Å²) in [7, 11) is 3.51. The summed E-state index contributed by atoms with van der Waals surface area (Å²) in [4.78, 5) is 29.8. The molecular weight excluding hydrogens is 588 g/mol. The zero-order valence-corrected chi connectivity index (χ0v) is 25.9. The Balaban J connectivity index is 1.56. The van der Waals surface area contributed by atoms with Crippen LogP contribution in [0.1, 0.15) is 57.6 Å². The van der Waals surface area contributed by atoms with E-state index in [9.17, 15) is 20.0 Å². The number of thioether (sulfide) groups is 1. The third-order valence-corrected chi connectivity index (χ3v) is 11.1. The monoisotopic (exact) mass is 622 g/mol. The number of cyclic esters (lactones) is 1. The van der Waals surface area contributed by atoms with Crippen LogP contribution in [0.4, 0.5) is 0 Å². The molecule has 0 aliphatic carbocycles. The van der Waals surface area contributed by atoms with Crippen LogP contribution in [-0.2, 0) is 20.7 Å². The number of piperazine rings is 1. The van der Waals surface area contributed by atoms with Crippen LogP contribution in [0.15, 0.2) is 6.07 Å². The number of phenolic OH excluding ortho intramolecular Hbond substituents is 1. The van der Waals surface area contributed by atoms with Gasteiger partial charge in [-0.3, -0.25) is 19.4 Å². The highest BCUT2D eigenvalue weighted by molar-refractivity contribution is 7.99. The number of rotatable bonds is 2. The standard InChI is InChI=1S/C31H34N4O8S/c1-12-6-15-7-17-18(8-32)35-19-9-40-31(38)16(33)10-44-30(24(35)23(34(17)4)20(15)25(37)26(12)39-5)22-21(19)29-28(41-11-42-29)13(2)27(22)43-14(3)36/h6,16-19,23-24,30,37H,7,9-11,33H2,1-5H3/t16?,17-,18+,19-,23-,24?,30-/m1/s1. The van der Waals surface area contributed by atoms with Crippen LogP contribution in [0.5, 0.6) is 28.7 Å². The number of benzene rings is 2. The first-order valence-electron chi connectivity index (χ1n) is 14.5. The van der Waals surface area contributed by atoms with Gasteiger partial charge in [0.1, 0.15) is 24.4 Å². The third-order valence-electron chi connectivity index (χ3n) is 9.69. The van der Waals surface area contributed by atoms with E-state index in [1.54, 1.807) is 0 Å². The number of nitriles is 1. The van der Waals surface area contributed by atoms with Gasteiger partial charge < -0.3 is 34.5 Å². The predicted octanol–water partition coefficient (Wildman–Crippen LogP) is 2.56. The summed E-state index contributed by atoms with van der Waals surface area (Å²) in [6.45, 7) is 4.93. The zero-order chi connectivity index (χ0) is 31.2. The van der Waals surface area contributed by atoms with Crippen LogP contribution in [0, 0.1) is 25.2 Å². The number of likely N-dealkylation sites (N-methyl/N-ethyl adjacent to an activating group) is 1. The minimum Gasteiger partial charge on any atom is -0.504 e. The minimum atomic E-state index is -0.890. The Morgan fingerprint density at radius 2 is 1.93 bits per heavy atom. The van der Waals surface area contributed by atoms with Crippen molar-refractivity contribution in [3.05, 3.63) is 39.4 Å². The van der Waals surface area contributed by atoms with E-state index in [1.165, 1.54) is 25.8 Å². The van der Waals surface area contributed by atoms with Crippen LogP contribution in [0.25, 0.3) is 0 Å². The molecule has 5 heterocycles.